The highest BCUT2D eigenvalue weighted by atomic mass is 35.5. The monoisotopic (exact) mass is 388 g/mol. The lowest BCUT2D eigenvalue weighted by Crippen LogP contribution is -2.06. The number of carbonyl (C=O) groups is 1. The number of halogens is 2. The van der Waals surface area contributed by atoms with Crippen molar-refractivity contribution < 1.29 is 4.79 Å². The van der Waals surface area contributed by atoms with Crippen LogP contribution in [0.1, 0.15) is 6.92 Å². The molecule has 0 saturated heterocycles. The van der Waals surface area contributed by atoms with Gasteiger partial charge in [-0.3, -0.25) is 4.79 Å². The van der Waals surface area contributed by atoms with Crippen LogP contribution in [0.15, 0.2) is 48.7 Å². The summed E-state index contributed by atoms with van der Waals surface area (Å²) in [4.78, 5) is 15.5. The van der Waals surface area contributed by atoms with Crippen molar-refractivity contribution in [1.29, 1.82) is 0 Å². The highest BCUT2D eigenvalue weighted by Gasteiger charge is 2.06. The SMILES string of the molecule is CC(=O)Nc1cccc(Nc2nncc(Nc3ccc(Cl)cc3Cl)n2)c1. The summed E-state index contributed by atoms with van der Waals surface area (Å²) in [5.41, 5.74) is 2.02. The molecule has 0 bridgehead atoms. The molecular formula is C17H14Cl2N6O. The molecule has 1 aromatic heterocycles. The molecule has 0 unspecified atom stereocenters. The van der Waals surface area contributed by atoms with Gasteiger partial charge in [-0.25, -0.2) is 0 Å². The Balaban J connectivity index is 1.76. The molecule has 0 fully saturated rings. The number of amides is 1. The molecule has 26 heavy (non-hydrogen) atoms. The zero-order chi connectivity index (χ0) is 18.5. The van der Waals surface area contributed by atoms with Crippen LogP contribution in [0.25, 0.3) is 0 Å². The second-order valence-electron chi connectivity index (χ2n) is 5.30. The fourth-order valence-corrected chi connectivity index (χ4v) is 2.61. The largest absolute Gasteiger partial charge is 0.338 e. The van der Waals surface area contributed by atoms with Crippen molar-refractivity contribution in [3.63, 3.8) is 0 Å². The predicted molar refractivity (Wildman–Crippen MR) is 104 cm³/mol. The van der Waals surface area contributed by atoms with Crippen molar-refractivity contribution >= 4 is 57.9 Å². The van der Waals surface area contributed by atoms with Crippen LogP contribution >= 0.6 is 23.2 Å². The van der Waals surface area contributed by atoms with E-state index in [0.29, 0.717) is 38.9 Å². The number of nitrogens with zero attached hydrogens (tertiary/aromatic N) is 3. The van der Waals surface area contributed by atoms with Crippen LogP contribution in [0.4, 0.5) is 28.8 Å². The van der Waals surface area contributed by atoms with Crippen molar-refractivity contribution in [1.82, 2.24) is 15.2 Å². The highest BCUT2D eigenvalue weighted by Crippen LogP contribution is 2.27. The van der Waals surface area contributed by atoms with Crippen LogP contribution in [0.3, 0.4) is 0 Å². The minimum Gasteiger partial charge on any atom is -0.338 e. The average molecular weight is 389 g/mol. The lowest BCUT2D eigenvalue weighted by Gasteiger charge is -2.10. The lowest BCUT2D eigenvalue weighted by molar-refractivity contribution is -0.114. The van der Waals surface area contributed by atoms with E-state index in [2.05, 4.69) is 31.1 Å². The summed E-state index contributed by atoms with van der Waals surface area (Å²) in [6.07, 6.45) is 1.48. The van der Waals surface area contributed by atoms with Crippen LogP contribution in [0.5, 0.6) is 0 Å². The van der Waals surface area contributed by atoms with Gasteiger partial charge in [0.25, 0.3) is 0 Å². The Hall–Kier alpha value is -2.90. The quantitative estimate of drug-likeness (QED) is 0.590. The Kier molecular flexibility index (Phi) is 5.50. The zero-order valence-electron chi connectivity index (χ0n) is 13.6. The predicted octanol–water partition coefficient (Wildman–Crippen LogP) is 4.62. The fourth-order valence-electron chi connectivity index (χ4n) is 2.15. The summed E-state index contributed by atoms with van der Waals surface area (Å²) in [7, 11) is 0. The van der Waals surface area contributed by atoms with Crippen LogP contribution in [0, 0.1) is 0 Å². The van der Waals surface area contributed by atoms with Crippen molar-refractivity contribution in [3.05, 3.63) is 58.7 Å². The molecule has 3 rings (SSSR count). The van der Waals surface area contributed by atoms with Crippen LogP contribution in [0.2, 0.25) is 10.0 Å². The second-order valence-corrected chi connectivity index (χ2v) is 6.15. The van der Waals surface area contributed by atoms with E-state index in [-0.39, 0.29) is 5.91 Å². The van der Waals surface area contributed by atoms with Crippen LogP contribution in [-0.4, -0.2) is 21.1 Å². The van der Waals surface area contributed by atoms with Crippen molar-refractivity contribution in [2.45, 2.75) is 6.92 Å². The Morgan fingerprint density at radius 1 is 1.04 bits per heavy atom. The molecule has 3 N–H and O–H groups in total. The van der Waals surface area contributed by atoms with Gasteiger partial charge in [0.05, 0.1) is 16.9 Å². The summed E-state index contributed by atoms with van der Waals surface area (Å²) >= 11 is 12.0. The Morgan fingerprint density at radius 3 is 2.62 bits per heavy atom. The van der Waals surface area contributed by atoms with E-state index >= 15 is 0 Å². The van der Waals surface area contributed by atoms with Crippen molar-refractivity contribution in [2.24, 2.45) is 0 Å². The number of nitrogens with one attached hydrogen (secondary N) is 3. The molecule has 0 aliphatic heterocycles. The molecule has 1 heterocycles. The standard InChI is InChI=1S/C17H14Cl2N6O/c1-10(26)21-12-3-2-4-13(8-12)22-17-24-16(9-20-25-17)23-15-6-5-11(18)7-14(15)19/h2-9H,1H3,(H,21,26)(H2,22,23,24,25). The smallest absolute Gasteiger partial charge is 0.249 e. The van der Waals surface area contributed by atoms with Gasteiger partial charge in [0.15, 0.2) is 5.82 Å². The van der Waals surface area contributed by atoms with E-state index in [4.69, 9.17) is 23.2 Å². The maximum absolute atomic E-state index is 11.2. The topological polar surface area (TPSA) is 91.8 Å². The number of aromatic nitrogens is 3. The highest BCUT2D eigenvalue weighted by molar-refractivity contribution is 6.36. The van der Waals surface area contributed by atoms with E-state index in [1.807, 2.05) is 6.07 Å². The molecule has 7 nitrogen and oxygen atoms in total. The fraction of sp³-hybridized carbons (Fsp3) is 0.0588. The minimum atomic E-state index is -0.147. The molecule has 0 spiro atoms. The van der Waals surface area contributed by atoms with E-state index in [9.17, 15) is 4.79 Å². The molecule has 3 aromatic rings. The zero-order valence-corrected chi connectivity index (χ0v) is 15.1. The number of benzene rings is 2. The van der Waals surface area contributed by atoms with Gasteiger partial charge in [-0.2, -0.15) is 10.1 Å². The number of anilines is 5. The third kappa shape index (κ3) is 4.81. The average Bonchev–Trinajstić information content (AvgIpc) is 2.57. The first-order valence-electron chi connectivity index (χ1n) is 7.56. The molecule has 0 atom stereocenters. The van der Waals surface area contributed by atoms with Gasteiger partial charge < -0.3 is 16.0 Å². The van der Waals surface area contributed by atoms with Gasteiger partial charge in [0.2, 0.25) is 11.9 Å². The molecule has 0 aliphatic rings. The van der Waals surface area contributed by atoms with E-state index < -0.39 is 0 Å². The Bertz CT molecular complexity index is 950. The molecule has 132 valence electrons. The number of hydrogen-bond acceptors (Lipinski definition) is 6. The number of hydrogen-bond donors (Lipinski definition) is 3. The minimum absolute atomic E-state index is 0.147. The molecule has 1 amide bonds. The van der Waals surface area contributed by atoms with Gasteiger partial charge in [-0.05, 0) is 36.4 Å². The first-order chi connectivity index (χ1) is 12.5. The Morgan fingerprint density at radius 2 is 1.85 bits per heavy atom. The van der Waals surface area contributed by atoms with Gasteiger partial charge in [0, 0.05) is 23.3 Å². The molecule has 9 heteroatoms. The van der Waals surface area contributed by atoms with Gasteiger partial charge in [0.1, 0.15) is 0 Å². The second kappa shape index (κ2) is 7.99. The lowest BCUT2D eigenvalue weighted by atomic mass is 10.3. The van der Waals surface area contributed by atoms with E-state index in [0.717, 1.165) is 0 Å². The van der Waals surface area contributed by atoms with Crippen molar-refractivity contribution in [2.75, 3.05) is 16.0 Å². The first-order valence-corrected chi connectivity index (χ1v) is 8.32. The molecule has 0 saturated carbocycles. The first kappa shape index (κ1) is 17.9. The molecule has 0 radical (unpaired) electrons. The third-order valence-electron chi connectivity index (χ3n) is 3.19. The number of rotatable bonds is 5. The Labute approximate surface area is 159 Å². The molecule has 0 aliphatic carbocycles. The van der Waals surface area contributed by atoms with Gasteiger partial charge in [-0.15, -0.1) is 5.10 Å². The third-order valence-corrected chi connectivity index (χ3v) is 3.74. The molecular weight excluding hydrogens is 375 g/mol. The molecule has 2 aromatic carbocycles. The van der Waals surface area contributed by atoms with E-state index in [1.165, 1.54) is 13.1 Å². The van der Waals surface area contributed by atoms with Crippen LogP contribution < -0.4 is 16.0 Å². The maximum Gasteiger partial charge on any atom is 0.249 e. The summed E-state index contributed by atoms with van der Waals surface area (Å²) in [5.74, 6) is 0.607. The normalized spacial score (nSPS) is 10.3. The summed E-state index contributed by atoms with van der Waals surface area (Å²) < 4.78 is 0. The van der Waals surface area contributed by atoms with Gasteiger partial charge >= 0.3 is 0 Å². The summed E-state index contributed by atoms with van der Waals surface area (Å²) in [5, 5.41) is 17.7. The van der Waals surface area contributed by atoms with E-state index in [1.54, 1.807) is 36.4 Å². The maximum atomic E-state index is 11.2. The van der Waals surface area contributed by atoms with Gasteiger partial charge in [-0.1, -0.05) is 29.3 Å². The van der Waals surface area contributed by atoms with Crippen molar-refractivity contribution in [3.8, 4) is 0 Å². The number of carbonyl (C=O) groups excluding carboxylic acids is 1. The van der Waals surface area contributed by atoms with Crippen LogP contribution in [-0.2, 0) is 4.79 Å². The summed E-state index contributed by atoms with van der Waals surface area (Å²) in [6.45, 7) is 1.45. The summed E-state index contributed by atoms with van der Waals surface area (Å²) in [6, 6.07) is 12.3.